The lowest BCUT2D eigenvalue weighted by atomic mass is 9.73. The summed E-state index contributed by atoms with van der Waals surface area (Å²) >= 11 is 0. The minimum atomic E-state index is 0.108. The molecule has 1 aromatic carbocycles. The Labute approximate surface area is 129 Å². The molecule has 0 radical (unpaired) electrons. The summed E-state index contributed by atoms with van der Waals surface area (Å²) in [5, 5.41) is 0. The Morgan fingerprint density at radius 2 is 1.95 bits per heavy atom. The molecule has 21 heavy (non-hydrogen) atoms. The van der Waals surface area contributed by atoms with Crippen LogP contribution >= 0.6 is 0 Å². The molecule has 0 aromatic heterocycles. The number of likely N-dealkylation sites (tertiary alicyclic amines) is 1. The molecule has 1 aromatic rings. The normalized spacial score (nSPS) is 27.8. The second-order valence-electron chi connectivity index (χ2n) is 7.31. The van der Waals surface area contributed by atoms with Crippen LogP contribution in [0.5, 0.6) is 0 Å². The van der Waals surface area contributed by atoms with E-state index < -0.39 is 0 Å². The molecule has 0 bridgehead atoms. The minimum absolute atomic E-state index is 0.108. The van der Waals surface area contributed by atoms with Gasteiger partial charge in [0.05, 0.1) is 5.54 Å². The van der Waals surface area contributed by atoms with E-state index in [-0.39, 0.29) is 5.54 Å². The Morgan fingerprint density at radius 3 is 2.62 bits per heavy atom. The topological polar surface area (TPSA) is 29.3 Å². The highest BCUT2D eigenvalue weighted by molar-refractivity contribution is 5.37. The summed E-state index contributed by atoms with van der Waals surface area (Å²) < 4.78 is 0. The average Bonchev–Trinajstić information content (AvgIpc) is 2.54. The van der Waals surface area contributed by atoms with Gasteiger partial charge in [-0.1, -0.05) is 38.1 Å². The zero-order valence-electron chi connectivity index (χ0n) is 13.6. The third-order valence-electron chi connectivity index (χ3n) is 5.98. The number of hydrogen-bond acceptors (Lipinski definition) is 2. The number of hydrogen-bond donors (Lipinski definition) is 1. The summed E-state index contributed by atoms with van der Waals surface area (Å²) in [6.45, 7) is 7.93. The minimum Gasteiger partial charge on any atom is -0.328 e. The van der Waals surface area contributed by atoms with Gasteiger partial charge in [-0.15, -0.1) is 0 Å². The lowest BCUT2D eigenvalue weighted by Gasteiger charge is -2.50. The maximum absolute atomic E-state index is 6.34. The van der Waals surface area contributed by atoms with Crippen molar-refractivity contribution in [3.8, 4) is 0 Å². The Kier molecular flexibility index (Phi) is 4.37. The number of aryl methyl sites for hydroxylation is 1. The summed E-state index contributed by atoms with van der Waals surface area (Å²) in [6, 6.07) is 9.00. The summed E-state index contributed by atoms with van der Waals surface area (Å²) in [7, 11) is 0. The van der Waals surface area contributed by atoms with Gasteiger partial charge in [0.25, 0.3) is 0 Å². The van der Waals surface area contributed by atoms with E-state index in [1.807, 2.05) is 0 Å². The second-order valence-corrected chi connectivity index (χ2v) is 7.31. The molecule has 0 saturated carbocycles. The standard InChI is InChI=1S/C19H30N2/c1-15(2)16-9-12-21(13-10-16)19(14-20)11-5-7-17-6-3-4-8-18(17)19/h3-4,6,8,15-16H,5,7,9-14,20H2,1-2H3. The molecule has 116 valence electrons. The van der Waals surface area contributed by atoms with Crippen LogP contribution in [0.15, 0.2) is 24.3 Å². The first kappa shape index (κ1) is 15.1. The maximum atomic E-state index is 6.34. The van der Waals surface area contributed by atoms with Gasteiger partial charge < -0.3 is 5.73 Å². The van der Waals surface area contributed by atoms with Gasteiger partial charge in [-0.3, -0.25) is 4.90 Å². The molecule has 2 aliphatic rings. The Hall–Kier alpha value is -0.860. The average molecular weight is 286 g/mol. The van der Waals surface area contributed by atoms with Gasteiger partial charge in [-0.2, -0.15) is 0 Å². The SMILES string of the molecule is CC(C)C1CCN(C2(CN)CCCc3ccccc32)CC1. The van der Waals surface area contributed by atoms with Gasteiger partial charge in [0.15, 0.2) is 0 Å². The van der Waals surface area contributed by atoms with Gasteiger partial charge in [-0.25, -0.2) is 0 Å². The summed E-state index contributed by atoms with van der Waals surface area (Å²) in [4.78, 5) is 2.71. The lowest BCUT2D eigenvalue weighted by molar-refractivity contribution is 0.0309. The molecule has 2 heteroatoms. The van der Waals surface area contributed by atoms with Crippen molar-refractivity contribution >= 4 is 0 Å². The molecule has 0 amide bonds. The van der Waals surface area contributed by atoms with E-state index in [0.717, 1.165) is 18.4 Å². The smallest absolute Gasteiger partial charge is 0.0586 e. The van der Waals surface area contributed by atoms with E-state index in [9.17, 15) is 0 Å². The molecule has 2 nitrogen and oxygen atoms in total. The lowest BCUT2D eigenvalue weighted by Crippen LogP contribution is -2.55. The predicted octanol–water partition coefficient (Wildman–Crippen LogP) is 3.54. The summed E-state index contributed by atoms with van der Waals surface area (Å²) in [6.07, 6.45) is 6.40. The molecular formula is C19H30N2. The third kappa shape index (κ3) is 2.64. The van der Waals surface area contributed by atoms with Crippen molar-refractivity contribution < 1.29 is 0 Å². The van der Waals surface area contributed by atoms with Crippen LogP contribution in [-0.4, -0.2) is 24.5 Å². The van der Waals surface area contributed by atoms with Crippen LogP contribution in [0.4, 0.5) is 0 Å². The fourth-order valence-electron chi connectivity index (χ4n) is 4.56. The van der Waals surface area contributed by atoms with E-state index in [1.54, 1.807) is 0 Å². The molecule has 1 aliphatic heterocycles. The Morgan fingerprint density at radius 1 is 1.24 bits per heavy atom. The highest BCUT2D eigenvalue weighted by Crippen LogP contribution is 2.41. The van der Waals surface area contributed by atoms with E-state index in [1.165, 1.54) is 56.3 Å². The maximum Gasteiger partial charge on any atom is 0.0586 e. The number of benzene rings is 1. The highest BCUT2D eigenvalue weighted by atomic mass is 15.2. The van der Waals surface area contributed by atoms with Crippen molar-refractivity contribution in [3.05, 3.63) is 35.4 Å². The molecule has 1 saturated heterocycles. The molecule has 3 rings (SSSR count). The van der Waals surface area contributed by atoms with E-state index in [0.29, 0.717) is 0 Å². The van der Waals surface area contributed by atoms with Crippen LogP contribution in [0.2, 0.25) is 0 Å². The van der Waals surface area contributed by atoms with Crippen molar-refractivity contribution in [2.45, 2.75) is 51.5 Å². The summed E-state index contributed by atoms with van der Waals surface area (Å²) in [5.41, 5.74) is 9.49. The van der Waals surface area contributed by atoms with Crippen LogP contribution in [-0.2, 0) is 12.0 Å². The van der Waals surface area contributed by atoms with Crippen molar-refractivity contribution in [1.82, 2.24) is 4.90 Å². The largest absolute Gasteiger partial charge is 0.328 e. The first-order valence-electron chi connectivity index (χ1n) is 8.71. The van der Waals surface area contributed by atoms with Crippen LogP contribution in [0.1, 0.15) is 50.7 Å². The number of piperidine rings is 1. The van der Waals surface area contributed by atoms with Gasteiger partial charge in [0.2, 0.25) is 0 Å². The van der Waals surface area contributed by atoms with Crippen molar-refractivity contribution in [2.75, 3.05) is 19.6 Å². The predicted molar refractivity (Wildman–Crippen MR) is 89.2 cm³/mol. The van der Waals surface area contributed by atoms with Crippen LogP contribution in [0.3, 0.4) is 0 Å². The van der Waals surface area contributed by atoms with Crippen LogP contribution < -0.4 is 5.73 Å². The first-order chi connectivity index (χ1) is 10.2. The van der Waals surface area contributed by atoms with Gasteiger partial charge in [0.1, 0.15) is 0 Å². The van der Waals surface area contributed by atoms with Crippen molar-refractivity contribution in [3.63, 3.8) is 0 Å². The van der Waals surface area contributed by atoms with Crippen LogP contribution in [0, 0.1) is 11.8 Å². The van der Waals surface area contributed by atoms with E-state index >= 15 is 0 Å². The molecule has 1 unspecified atom stereocenters. The fraction of sp³-hybridized carbons (Fsp3) is 0.684. The van der Waals surface area contributed by atoms with Crippen LogP contribution in [0.25, 0.3) is 0 Å². The third-order valence-corrected chi connectivity index (χ3v) is 5.98. The monoisotopic (exact) mass is 286 g/mol. The zero-order chi connectivity index (χ0) is 14.9. The van der Waals surface area contributed by atoms with Gasteiger partial charge in [-0.05, 0) is 68.2 Å². The Balaban J connectivity index is 1.86. The molecule has 1 aliphatic carbocycles. The van der Waals surface area contributed by atoms with Crippen molar-refractivity contribution in [1.29, 1.82) is 0 Å². The Bertz CT molecular complexity index is 474. The number of nitrogens with two attached hydrogens (primary N) is 1. The number of fused-ring (bicyclic) bond motifs is 1. The zero-order valence-corrected chi connectivity index (χ0v) is 13.6. The highest BCUT2D eigenvalue weighted by Gasteiger charge is 2.41. The summed E-state index contributed by atoms with van der Waals surface area (Å²) in [5.74, 6) is 1.72. The molecular weight excluding hydrogens is 256 g/mol. The first-order valence-corrected chi connectivity index (χ1v) is 8.71. The molecule has 2 N–H and O–H groups in total. The number of rotatable bonds is 3. The fourth-order valence-corrected chi connectivity index (χ4v) is 4.56. The van der Waals surface area contributed by atoms with E-state index in [2.05, 4.69) is 43.0 Å². The number of nitrogens with zero attached hydrogens (tertiary/aromatic N) is 1. The second kappa shape index (κ2) is 6.10. The van der Waals surface area contributed by atoms with Crippen molar-refractivity contribution in [2.24, 2.45) is 17.6 Å². The van der Waals surface area contributed by atoms with E-state index in [4.69, 9.17) is 5.73 Å². The van der Waals surface area contributed by atoms with Gasteiger partial charge in [0, 0.05) is 6.54 Å². The quantitative estimate of drug-likeness (QED) is 0.921. The molecule has 1 atom stereocenters. The molecule has 0 spiro atoms. The molecule has 1 fully saturated rings. The van der Waals surface area contributed by atoms with Gasteiger partial charge >= 0.3 is 0 Å². The molecule has 1 heterocycles.